The normalized spacial score (nSPS) is 10.8. The first-order chi connectivity index (χ1) is 9.04. The van der Waals surface area contributed by atoms with Crippen LogP contribution in [0.1, 0.15) is 37.0 Å². The third kappa shape index (κ3) is 3.93. The Bertz CT molecular complexity index is 435. The highest BCUT2D eigenvalue weighted by molar-refractivity contribution is 9.09. The Kier molecular flexibility index (Phi) is 6.28. The standard InChI is InChI=1S/C14H19BrFNO2/c1-3-10(4-2)17(8-7-15)14(19)12-6-5-11(18)9-13(12)16/h5-6,9-10,18H,3-4,7-8H2,1-2H3. The van der Waals surface area contributed by atoms with Crippen LogP contribution in [0.3, 0.4) is 0 Å². The molecule has 1 aromatic carbocycles. The summed E-state index contributed by atoms with van der Waals surface area (Å²) in [5.74, 6) is -1.19. The molecular formula is C14H19BrFNO2. The summed E-state index contributed by atoms with van der Waals surface area (Å²) in [6.07, 6.45) is 1.66. The van der Waals surface area contributed by atoms with Crippen molar-refractivity contribution in [3.8, 4) is 5.75 Å². The topological polar surface area (TPSA) is 40.5 Å². The fourth-order valence-corrected chi connectivity index (χ4v) is 2.48. The average Bonchev–Trinajstić information content (AvgIpc) is 2.38. The number of carbonyl (C=O) groups is 1. The molecule has 0 unspecified atom stereocenters. The SMILES string of the molecule is CCC(CC)N(CCBr)C(=O)c1ccc(O)cc1F. The Morgan fingerprint density at radius 1 is 1.42 bits per heavy atom. The molecule has 1 aromatic rings. The van der Waals surface area contributed by atoms with Gasteiger partial charge < -0.3 is 10.0 Å². The summed E-state index contributed by atoms with van der Waals surface area (Å²) in [5.41, 5.74) is 0.00523. The lowest BCUT2D eigenvalue weighted by Crippen LogP contribution is -2.41. The molecule has 0 saturated heterocycles. The van der Waals surface area contributed by atoms with Gasteiger partial charge in [-0.05, 0) is 25.0 Å². The molecule has 0 spiro atoms. The van der Waals surface area contributed by atoms with Crippen molar-refractivity contribution in [2.24, 2.45) is 0 Å². The van der Waals surface area contributed by atoms with E-state index in [1.165, 1.54) is 12.1 Å². The number of alkyl halides is 1. The van der Waals surface area contributed by atoms with Crippen LogP contribution in [-0.4, -0.2) is 33.8 Å². The Balaban J connectivity index is 3.04. The van der Waals surface area contributed by atoms with E-state index in [4.69, 9.17) is 0 Å². The summed E-state index contributed by atoms with van der Waals surface area (Å²) in [6.45, 7) is 4.55. The first kappa shape index (κ1) is 16.0. The highest BCUT2D eigenvalue weighted by Crippen LogP contribution is 2.19. The largest absolute Gasteiger partial charge is 0.508 e. The van der Waals surface area contributed by atoms with Gasteiger partial charge in [0.1, 0.15) is 11.6 Å². The van der Waals surface area contributed by atoms with Gasteiger partial charge in [0.25, 0.3) is 5.91 Å². The molecule has 0 saturated carbocycles. The Labute approximate surface area is 121 Å². The van der Waals surface area contributed by atoms with E-state index in [-0.39, 0.29) is 23.3 Å². The van der Waals surface area contributed by atoms with Gasteiger partial charge in [0.05, 0.1) is 5.56 Å². The minimum absolute atomic E-state index is 0.00523. The average molecular weight is 332 g/mol. The van der Waals surface area contributed by atoms with E-state index in [9.17, 15) is 14.3 Å². The number of amides is 1. The third-order valence-corrected chi connectivity index (χ3v) is 3.51. The van der Waals surface area contributed by atoms with Gasteiger partial charge >= 0.3 is 0 Å². The van der Waals surface area contributed by atoms with Crippen molar-refractivity contribution in [2.75, 3.05) is 11.9 Å². The lowest BCUT2D eigenvalue weighted by molar-refractivity contribution is 0.0678. The second-order valence-electron chi connectivity index (χ2n) is 4.32. The summed E-state index contributed by atoms with van der Waals surface area (Å²) < 4.78 is 13.8. The first-order valence-electron chi connectivity index (χ1n) is 6.40. The molecular weight excluding hydrogens is 313 g/mol. The number of phenols is 1. The van der Waals surface area contributed by atoms with Crippen molar-refractivity contribution in [2.45, 2.75) is 32.7 Å². The quantitative estimate of drug-likeness (QED) is 0.809. The number of hydrogen-bond donors (Lipinski definition) is 1. The van der Waals surface area contributed by atoms with Crippen LogP contribution in [0.25, 0.3) is 0 Å². The van der Waals surface area contributed by atoms with Crippen molar-refractivity contribution in [3.63, 3.8) is 0 Å². The zero-order valence-electron chi connectivity index (χ0n) is 11.2. The molecule has 5 heteroatoms. The van der Waals surface area contributed by atoms with Crippen LogP contribution in [0.5, 0.6) is 5.75 Å². The molecule has 0 fully saturated rings. The van der Waals surface area contributed by atoms with Crippen molar-refractivity contribution >= 4 is 21.8 Å². The Morgan fingerprint density at radius 3 is 2.53 bits per heavy atom. The number of carbonyl (C=O) groups excluding carboxylic acids is 1. The van der Waals surface area contributed by atoms with E-state index in [2.05, 4.69) is 15.9 Å². The highest BCUT2D eigenvalue weighted by Gasteiger charge is 2.24. The van der Waals surface area contributed by atoms with Gasteiger partial charge in [-0.15, -0.1) is 0 Å². The highest BCUT2D eigenvalue weighted by atomic mass is 79.9. The molecule has 0 radical (unpaired) electrons. The number of rotatable bonds is 6. The number of nitrogens with zero attached hydrogens (tertiary/aromatic N) is 1. The van der Waals surface area contributed by atoms with Crippen LogP contribution < -0.4 is 0 Å². The van der Waals surface area contributed by atoms with E-state index in [0.29, 0.717) is 11.9 Å². The van der Waals surface area contributed by atoms with E-state index in [1.54, 1.807) is 4.90 Å². The minimum atomic E-state index is -0.685. The van der Waals surface area contributed by atoms with Gasteiger partial charge in [-0.25, -0.2) is 4.39 Å². The van der Waals surface area contributed by atoms with Crippen LogP contribution in [0, 0.1) is 5.82 Å². The van der Waals surface area contributed by atoms with Crippen LogP contribution in [-0.2, 0) is 0 Å². The van der Waals surface area contributed by atoms with Crippen LogP contribution in [0.4, 0.5) is 4.39 Å². The summed E-state index contributed by atoms with van der Waals surface area (Å²) in [5, 5.41) is 9.84. The molecule has 1 N–H and O–H groups in total. The summed E-state index contributed by atoms with van der Waals surface area (Å²) in [6, 6.07) is 3.72. The predicted octanol–water partition coefficient (Wildman–Crippen LogP) is 3.56. The summed E-state index contributed by atoms with van der Waals surface area (Å²) in [4.78, 5) is 14.1. The number of phenolic OH excluding ortho intramolecular Hbond substituents is 1. The van der Waals surface area contributed by atoms with E-state index >= 15 is 0 Å². The van der Waals surface area contributed by atoms with Gasteiger partial charge in [-0.1, -0.05) is 29.8 Å². The predicted molar refractivity (Wildman–Crippen MR) is 77.3 cm³/mol. The van der Waals surface area contributed by atoms with Crippen molar-refractivity contribution < 1.29 is 14.3 Å². The van der Waals surface area contributed by atoms with Crippen LogP contribution in [0.15, 0.2) is 18.2 Å². The first-order valence-corrected chi connectivity index (χ1v) is 7.52. The maximum Gasteiger partial charge on any atom is 0.257 e. The van der Waals surface area contributed by atoms with Crippen molar-refractivity contribution in [1.29, 1.82) is 0 Å². The van der Waals surface area contributed by atoms with Crippen molar-refractivity contribution in [3.05, 3.63) is 29.6 Å². The molecule has 0 aliphatic rings. The van der Waals surface area contributed by atoms with Gasteiger partial charge in [-0.3, -0.25) is 4.79 Å². The number of hydrogen-bond acceptors (Lipinski definition) is 2. The molecule has 0 bridgehead atoms. The lowest BCUT2D eigenvalue weighted by atomic mass is 10.1. The molecule has 0 aromatic heterocycles. The molecule has 0 atom stereocenters. The van der Waals surface area contributed by atoms with E-state index in [0.717, 1.165) is 18.9 Å². The molecule has 0 aliphatic carbocycles. The molecule has 0 heterocycles. The zero-order chi connectivity index (χ0) is 14.4. The second kappa shape index (κ2) is 7.48. The number of halogens is 2. The van der Waals surface area contributed by atoms with E-state index in [1.807, 2.05) is 13.8 Å². The molecule has 1 rings (SSSR count). The fraction of sp³-hybridized carbons (Fsp3) is 0.500. The lowest BCUT2D eigenvalue weighted by Gasteiger charge is -2.30. The molecule has 1 amide bonds. The maximum atomic E-state index is 13.8. The maximum absolute atomic E-state index is 13.8. The smallest absolute Gasteiger partial charge is 0.257 e. The third-order valence-electron chi connectivity index (χ3n) is 3.15. The Morgan fingerprint density at radius 2 is 2.05 bits per heavy atom. The van der Waals surface area contributed by atoms with Gasteiger partial charge in [0.2, 0.25) is 0 Å². The zero-order valence-corrected chi connectivity index (χ0v) is 12.8. The van der Waals surface area contributed by atoms with Crippen LogP contribution >= 0.6 is 15.9 Å². The summed E-state index contributed by atoms with van der Waals surface area (Å²) in [7, 11) is 0. The molecule has 0 aliphatic heterocycles. The molecule has 3 nitrogen and oxygen atoms in total. The van der Waals surface area contributed by atoms with Gasteiger partial charge in [0.15, 0.2) is 0 Å². The molecule has 106 valence electrons. The minimum Gasteiger partial charge on any atom is -0.508 e. The monoisotopic (exact) mass is 331 g/mol. The number of aromatic hydroxyl groups is 1. The van der Waals surface area contributed by atoms with Crippen molar-refractivity contribution in [1.82, 2.24) is 4.90 Å². The molecule has 19 heavy (non-hydrogen) atoms. The second-order valence-corrected chi connectivity index (χ2v) is 5.11. The Hall–Kier alpha value is -1.10. The van der Waals surface area contributed by atoms with E-state index < -0.39 is 5.82 Å². The summed E-state index contributed by atoms with van der Waals surface area (Å²) >= 11 is 3.32. The van der Waals surface area contributed by atoms with Gasteiger partial charge in [-0.2, -0.15) is 0 Å². The van der Waals surface area contributed by atoms with Gasteiger partial charge in [0, 0.05) is 24.0 Å². The van der Waals surface area contributed by atoms with Crippen LogP contribution in [0.2, 0.25) is 0 Å². The number of benzene rings is 1. The fourth-order valence-electron chi connectivity index (χ4n) is 2.10.